The van der Waals surface area contributed by atoms with Crippen molar-refractivity contribution in [3.63, 3.8) is 0 Å². The van der Waals surface area contributed by atoms with Gasteiger partial charge in [0, 0.05) is 24.6 Å². The average Bonchev–Trinajstić information content (AvgIpc) is 3.04. The number of fused-ring (bicyclic) bond motifs is 1. The van der Waals surface area contributed by atoms with E-state index in [4.69, 9.17) is 5.73 Å². The van der Waals surface area contributed by atoms with E-state index in [0.717, 1.165) is 27.8 Å². The van der Waals surface area contributed by atoms with Crippen LogP contribution in [0.1, 0.15) is 11.1 Å². The molecule has 0 radical (unpaired) electrons. The summed E-state index contributed by atoms with van der Waals surface area (Å²) in [4.78, 5) is 12.3. The summed E-state index contributed by atoms with van der Waals surface area (Å²) >= 11 is 0. The van der Waals surface area contributed by atoms with Crippen LogP contribution in [0.5, 0.6) is 0 Å². The van der Waals surface area contributed by atoms with Crippen molar-refractivity contribution in [2.75, 3.05) is 5.73 Å². The minimum Gasteiger partial charge on any atom is -0.380 e. The van der Waals surface area contributed by atoms with Crippen molar-refractivity contribution in [2.45, 2.75) is 12.8 Å². The molecule has 0 saturated heterocycles. The highest BCUT2D eigenvalue weighted by molar-refractivity contribution is 5.87. The third-order valence-electron chi connectivity index (χ3n) is 4.38. The minimum atomic E-state index is 0.204. The molecule has 0 aliphatic heterocycles. The van der Waals surface area contributed by atoms with E-state index in [1.165, 1.54) is 0 Å². The molecule has 0 aliphatic rings. The van der Waals surface area contributed by atoms with Crippen LogP contribution >= 0.6 is 0 Å². The fourth-order valence-corrected chi connectivity index (χ4v) is 3.12. The largest absolute Gasteiger partial charge is 0.380 e. The number of benzene rings is 2. The fraction of sp³-hybridized carbons (Fsp3) is 0.0952. The first-order valence-electron chi connectivity index (χ1n) is 8.45. The fourth-order valence-electron chi connectivity index (χ4n) is 3.12. The van der Waals surface area contributed by atoms with Crippen molar-refractivity contribution in [2.24, 2.45) is 0 Å². The normalized spacial score (nSPS) is 10.9. The number of carbonyl (C=O) groups is 1. The van der Waals surface area contributed by atoms with Crippen molar-refractivity contribution in [1.82, 2.24) is 14.8 Å². The maximum atomic E-state index is 12.3. The number of aromatic nitrogens is 3. The van der Waals surface area contributed by atoms with Gasteiger partial charge in [0.25, 0.3) is 0 Å². The van der Waals surface area contributed by atoms with Crippen LogP contribution in [0.3, 0.4) is 0 Å². The number of hydrogen-bond donors (Lipinski definition) is 1. The molecular formula is C21H18N4O. The number of pyridine rings is 1. The molecule has 0 bridgehead atoms. The summed E-state index contributed by atoms with van der Waals surface area (Å²) in [5.41, 5.74) is 10.8. The molecular weight excluding hydrogens is 324 g/mol. The number of ketones is 1. The van der Waals surface area contributed by atoms with E-state index in [1.807, 2.05) is 72.9 Å². The zero-order valence-corrected chi connectivity index (χ0v) is 14.2. The lowest BCUT2D eigenvalue weighted by Gasteiger charge is -2.06. The van der Waals surface area contributed by atoms with Crippen LogP contribution in [-0.2, 0) is 17.6 Å². The SMILES string of the molecule is Nc1nnn2cccc(-c3ccc(CC(=O)Cc4ccccc4)cc3)c12. The van der Waals surface area contributed by atoms with Crippen LogP contribution in [0.15, 0.2) is 72.9 Å². The van der Waals surface area contributed by atoms with Crippen LogP contribution in [0, 0.1) is 0 Å². The Labute approximate surface area is 151 Å². The molecule has 0 unspecified atom stereocenters. The predicted molar refractivity (Wildman–Crippen MR) is 102 cm³/mol. The summed E-state index contributed by atoms with van der Waals surface area (Å²) in [6.07, 6.45) is 2.70. The van der Waals surface area contributed by atoms with E-state index >= 15 is 0 Å². The minimum absolute atomic E-state index is 0.204. The van der Waals surface area contributed by atoms with Gasteiger partial charge < -0.3 is 5.73 Å². The maximum Gasteiger partial charge on any atom is 0.174 e. The van der Waals surface area contributed by atoms with Crippen LogP contribution < -0.4 is 5.73 Å². The number of rotatable bonds is 5. The highest BCUT2D eigenvalue weighted by Gasteiger charge is 2.10. The van der Waals surface area contributed by atoms with Crippen molar-refractivity contribution in [3.05, 3.63) is 84.1 Å². The Morgan fingerprint density at radius 1 is 0.885 bits per heavy atom. The molecule has 4 rings (SSSR count). The van der Waals surface area contributed by atoms with Gasteiger partial charge in [-0.1, -0.05) is 65.9 Å². The van der Waals surface area contributed by atoms with E-state index < -0.39 is 0 Å². The molecule has 26 heavy (non-hydrogen) atoms. The van der Waals surface area contributed by atoms with Gasteiger partial charge in [0.05, 0.1) is 0 Å². The first-order chi connectivity index (χ1) is 12.7. The topological polar surface area (TPSA) is 73.3 Å². The van der Waals surface area contributed by atoms with Crippen molar-refractivity contribution >= 4 is 17.1 Å². The number of hydrogen-bond acceptors (Lipinski definition) is 4. The molecule has 2 N–H and O–H groups in total. The molecule has 0 amide bonds. The Bertz CT molecular complexity index is 1050. The molecule has 0 atom stereocenters. The van der Waals surface area contributed by atoms with Crippen LogP contribution in [-0.4, -0.2) is 20.6 Å². The van der Waals surface area contributed by atoms with Crippen molar-refractivity contribution in [1.29, 1.82) is 0 Å². The lowest BCUT2D eigenvalue weighted by atomic mass is 9.99. The zero-order chi connectivity index (χ0) is 17.9. The van der Waals surface area contributed by atoms with Gasteiger partial charge in [0.2, 0.25) is 0 Å². The first-order valence-corrected chi connectivity index (χ1v) is 8.45. The van der Waals surface area contributed by atoms with Crippen molar-refractivity contribution in [3.8, 4) is 11.1 Å². The smallest absolute Gasteiger partial charge is 0.174 e. The molecule has 2 aromatic heterocycles. The van der Waals surface area contributed by atoms with Crippen LogP contribution in [0.4, 0.5) is 5.82 Å². The molecule has 2 heterocycles. The van der Waals surface area contributed by atoms with E-state index in [9.17, 15) is 4.79 Å². The average molecular weight is 342 g/mol. The summed E-state index contributed by atoms with van der Waals surface area (Å²) in [7, 11) is 0. The number of anilines is 1. The lowest BCUT2D eigenvalue weighted by Crippen LogP contribution is -2.06. The van der Waals surface area contributed by atoms with Gasteiger partial charge >= 0.3 is 0 Å². The Hall–Kier alpha value is -3.47. The molecule has 0 spiro atoms. The molecule has 4 aromatic rings. The monoisotopic (exact) mass is 342 g/mol. The highest BCUT2D eigenvalue weighted by Crippen LogP contribution is 2.27. The molecule has 128 valence electrons. The number of Topliss-reactive ketones (excluding diaryl/α,β-unsaturated/α-hetero) is 1. The molecule has 2 aromatic carbocycles. The molecule has 0 fully saturated rings. The second kappa shape index (κ2) is 6.80. The van der Waals surface area contributed by atoms with Gasteiger partial charge in [-0.25, -0.2) is 4.52 Å². The predicted octanol–water partition coefficient (Wildman–Crippen LogP) is 3.33. The standard InChI is InChI=1S/C21H18N4O/c22-21-20-19(7-4-12-25(20)24-23-21)17-10-8-16(9-11-17)14-18(26)13-15-5-2-1-3-6-15/h1-12H,13-14,22H2. The highest BCUT2D eigenvalue weighted by atomic mass is 16.1. The summed E-state index contributed by atoms with van der Waals surface area (Å²) in [6.45, 7) is 0. The maximum absolute atomic E-state index is 12.3. The zero-order valence-electron chi connectivity index (χ0n) is 14.2. The van der Waals surface area contributed by atoms with Crippen molar-refractivity contribution < 1.29 is 4.79 Å². The Balaban J connectivity index is 1.53. The molecule has 0 aliphatic carbocycles. The second-order valence-electron chi connectivity index (χ2n) is 6.26. The van der Waals surface area contributed by atoms with Gasteiger partial charge in [-0.05, 0) is 22.8 Å². The first kappa shape index (κ1) is 16.0. The molecule has 5 nitrogen and oxygen atoms in total. The third-order valence-corrected chi connectivity index (χ3v) is 4.38. The third kappa shape index (κ3) is 3.19. The van der Waals surface area contributed by atoms with E-state index in [-0.39, 0.29) is 5.78 Å². The number of nitrogens with two attached hydrogens (primary N) is 1. The van der Waals surface area contributed by atoms with Gasteiger partial charge in [-0.3, -0.25) is 4.79 Å². The summed E-state index contributed by atoms with van der Waals surface area (Å²) in [6, 6.07) is 21.7. The summed E-state index contributed by atoms with van der Waals surface area (Å²) < 4.78 is 1.67. The van der Waals surface area contributed by atoms with Gasteiger partial charge in [0.15, 0.2) is 5.82 Å². The quantitative estimate of drug-likeness (QED) is 0.604. The van der Waals surface area contributed by atoms with Gasteiger partial charge in [0.1, 0.15) is 11.3 Å². The molecule has 0 saturated carbocycles. The van der Waals surface area contributed by atoms with E-state index in [2.05, 4.69) is 10.3 Å². The van der Waals surface area contributed by atoms with E-state index in [0.29, 0.717) is 18.7 Å². The number of nitrogens with zero attached hydrogens (tertiary/aromatic N) is 3. The number of carbonyl (C=O) groups excluding carboxylic acids is 1. The van der Waals surface area contributed by atoms with Crippen LogP contribution in [0.25, 0.3) is 16.6 Å². The summed E-state index contributed by atoms with van der Waals surface area (Å²) in [5, 5.41) is 7.92. The van der Waals surface area contributed by atoms with Crippen LogP contribution in [0.2, 0.25) is 0 Å². The Morgan fingerprint density at radius 2 is 1.58 bits per heavy atom. The second-order valence-corrected chi connectivity index (χ2v) is 6.26. The lowest BCUT2D eigenvalue weighted by molar-refractivity contribution is -0.117. The van der Waals surface area contributed by atoms with Gasteiger partial charge in [-0.2, -0.15) is 0 Å². The Kier molecular flexibility index (Phi) is 4.19. The van der Waals surface area contributed by atoms with E-state index in [1.54, 1.807) is 4.52 Å². The molecule has 5 heteroatoms. The Morgan fingerprint density at radius 3 is 2.31 bits per heavy atom. The summed E-state index contributed by atoms with van der Waals surface area (Å²) in [5.74, 6) is 0.609. The van der Waals surface area contributed by atoms with Gasteiger partial charge in [-0.15, -0.1) is 5.10 Å². The number of nitrogen functional groups attached to an aromatic ring is 1.